The molecular weight excluding hydrogens is 432 g/mol. The Balaban J connectivity index is 1.89. The minimum absolute atomic E-state index is 0.161. The quantitative estimate of drug-likeness (QED) is 0.610. The van der Waals surface area contributed by atoms with E-state index >= 15 is 0 Å². The zero-order valence-electron chi connectivity index (χ0n) is 19.7. The first kappa shape index (κ1) is 23.6. The van der Waals surface area contributed by atoms with Gasteiger partial charge in [-0.25, -0.2) is 0 Å². The molecule has 1 fully saturated rings. The van der Waals surface area contributed by atoms with Crippen LogP contribution in [0.2, 0.25) is 0 Å². The van der Waals surface area contributed by atoms with Crippen molar-refractivity contribution in [2.24, 2.45) is 16.6 Å². The lowest BCUT2D eigenvalue weighted by Crippen LogP contribution is -2.68. The Labute approximate surface area is 206 Å². The van der Waals surface area contributed by atoms with E-state index in [9.17, 15) is 21.0 Å². The minimum atomic E-state index is -1.47. The van der Waals surface area contributed by atoms with Crippen LogP contribution in [0.5, 0.6) is 0 Å². The van der Waals surface area contributed by atoms with E-state index in [1.54, 1.807) is 0 Å². The van der Waals surface area contributed by atoms with Crippen molar-refractivity contribution in [3.63, 3.8) is 0 Å². The molecule has 35 heavy (non-hydrogen) atoms. The lowest BCUT2D eigenvalue weighted by atomic mass is 9.46. The van der Waals surface area contributed by atoms with Gasteiger partial charge in [-0.2, -0.15) is 21.0 Å². The zero-order chi connectivity index (χ0) is 25.1. The summed E-state index contributed by atoms with van der Waals surface area (Å²) in [6.07, 6.45) is 3.00. The third-order valence-corrected chi connectivity index (χ3v) is 7.73. The van der Waals surface area contributed by atoms with Crippen LogP contribution in [0.4, 0.5) is 0 Å². The number of nitrogens with one attached hydrogen (secondary N) is 1. The van der Waals surface area contributed by atoms with Crippen LogP contribution >= 0.6 is 0 Å². The van der Waals surface area contributed by atoms with Gasteiger partial charge >= 0.3 is 0 Å². The van der Waals surface area contributed by atoms with Crippen LogP contribution in [-0.2, 0) is 12.8 Å². The van der Waals surface area contributed by atoms with E-state index < -0.39 is 16.4 Å². The molecule has 0 amide bonds. The summed E-state index contributed by atoms with van der Waals surface area (Å²) in [4.78, 5) is 0. The number of piperidine rings is 1. The van der Waals surface area contributed by atoms with Gasteiger partial charge < -0.3 is 11.1 Å². The molecule has 172 valence electrons. The van der Waals surface area contributed by atoms with Crippen LogP contribution < -0.4 is 11.1 Å². The van der Waals surface area contributed by atoms with Gasteiger partial charge in [0, 0.05) is 5.41 Å². The number of benzene rings is 2. The number of fused-ring (bicyclic) bond motifs is 2. The molecule has 1 saturated heterocycles. The molecule has 2 heterocycles. The van der Waals surface area contributed by atoms with Gasteiger partial charge in [0.2, 0.25) is 0 Å². The van der Waals surface area contributed by atoms with Crippen LogP contribution in [0, 0.1) is 56.2 Å². The summed E-state index contributed by atoms with van der Waals surface area (Å²) in [6.45, 7) is 2.00. The molecule has 0 aromatic heterocycles. The number of nitrogens with two attached hydrogens (primary N) is 1. The van der Waals surface area contributed by atoms with Crippen molar-refractivity contribution >= 4 is 0 Å². The van der Waals surface area contributed by atoms with E-state index in [0.29, 0.717) is 37.7 Å². The van der Waals surface area contributed by atoms with Crippen LogP contribution in [-0.4, -0.2) is 5.54 Å². The Morgan fingerprint density at radius 1 is 0.886 bits per heavy atom. The molecule has 3 unspecified atom stereocenters. The van der Waals surface area contributed by atoms with Crippen molar-refractivity contribution in [1.82, 2.24) is 5.32 Å². The second-order valence-electron chi connectivity index (χ2n) is 9.65. The molecule has 6 nitrogen and oxygen atoms in total. The molecule has 3 N–H and O–H groups in total. The third kappa shape index (κ3) is 3.61. The first-order chi connectivity index (χ1) is 16.9. The molecule has 3 atom stereocenters. The summed E-state index contributed by atoms with van der Waals surface area (Å²) in [5.74, 6) is 0. The molecule has 5 rings (SSSR count). The summed E-state index contributed by atoms with van der Waals surface area (Å²) in [5, 5.41) is 43.8. The van der Waals surface area contributed by atoms with Gasteiger partial charge in [0.15, 0.2) is 5.57 Å². The Kier molecular flexibility index (Phi) is 6.09. The fourth-order valence-electron chi connectivity index (χ4n) is 5.96. The van der Waals surface area contributed by atoms with E-state index in [1.165, 1.54) is 0 Å². The number of nitriles is 4. The Hall–Kier alpha value is -4.52. The van der Waals surface area contributed by atoms with Gasteiger partial charge in [-0.15, -0.1) is 0 Å². The maximum Gasteiger partial charge on any atom is 0.150 e. The van der Waals surface area contributed by atoms with Gasteiger partial charge in [0.25, 0.3) is 0 Å². The molecule has 2 aliphatic heterocycles. The first-order valence-corrected chi connectivity index (χ1v) is 11.6. The standard InChI is InChI=1S/C29H26N6/c1-27(14-12-21-8-4-2-5-9-21)19-28(15-13-22-10-6-3-7-11-22)24(18-32)25(34)29(27,20-33)26(35-28)23(16-30)17-31/h2-11,35H,12-15,19,34H2,1H3. The Morgan fingerprint density at radius 2 is 1.43 bits per heavy atom. The highest BCUT2D eigenvalue weighted by Crippen LogP contribution is 2.64. The highest BCUT2D eigenvalue weighted by molar-refractivity contribution is 5.61. The zero-order valence-corrected chi connectivity index (χ0v) is 19.7. The number of nitrogens with zero attached hydrogens (tertiary/aromatic N) is 4. The van der Waals surface area contributed by atoms with E-state index in [4.69, 9.17) is 5.73 Å². The number of hydrogen-bond donors (Lipinski definition) is 2. The van der Waals surface area contributed by atoms with E-state index in [1.807, 2.05) is 79.7 Å². The maximum atomic E-state index is 10.6. The third-order valence-electron chi connectivity index (χ3n) is 7.73. The topological polar surface area (TPSA) is 133 Å². The van der Waals surface area contributed by atoms with Crippen LogP contribution in [0.15, 0.2) is 83.2 Å². The lowest BCUT2D eigenvalue weighted by molar-refractivity contribution is 0.0387. The molecule has 3 aliphatic rings. The van der Waals surface area contributed by atoms with Crippen molar-refractivity contribution in [2.45, 2.75) is 44.6 Å². The monoisotopic (exact) mass is 458 g/mol. The van der Waals surface area contributed by atoms with Gasteiger partial charge in [0.05, 0.1) is 34.6 Å². The summed E-state index contributed by atoms with van der Waals surface area (Å²) >= 11 is 0. The molecule has 2 aromatic carbocycles. The minimum Gasteiger partial charge on any atom is -0.400 e. The second kappa shape index (κ2) is 9.02. The number of allylic oxidation sites excluding steroid dienone is 1. The largest absolute Gasteiger partial charge is 0.400 e. The van der Waals surface area contributed by atoms with Crippen LogP contribution in [0.25, 0.3) is 0 Å². The lowest BCUT2D eigenvalue weighted by Gasteiger charge is -2.61. The molecular formula is C29H26N6. The molecule has 2 aromatic rings. The number of hydrogen-bond acceptors (Lipinski definition) is 6. The van der Waals surface area contributed by atoms with E-state index in [0.717, 1.165) is 11.1 Å². The van der Waals surface area contributed by atoms with Gasteiger partial charge in [0.1, 0.15) is 17.6 Å². The maximum absolute atomic E-state index is 10.6. The average molecular weight is 459 g/mol. The van der Waals surface area contributed by atoms with Crippen molar-refractivity contribution in [3.8, 4) is 24.3 Å². The highest BCUT2D eigenvalue weighted by Gasteiger charge is 2.67. The van der Waals surface area contributed by atoms with Gasteiger partial charge in [-0.3, -0.25) is 0 Å². The van der Waals surface area contributed by atoms with Crippen molar-refractivity contribution in [2.75, 3.05) is 0 Å². The second-order valence-corrected chi connectivity index (χ2v) is 9.65. The van der Waals surface area contributed by atoms with E-state index in [-0.39, 0.29) is 17.0 Å². The predicted octanol–water partition coefficient (Wildman–Crippen LogP) is 4.55. The fraction of sp³-hybridized carbons (Fsp3) is 0.310. The van der Waals surface area contributed by atoms with Crippen molar-refractivity contribution < 1.29 is 0 Å². The molecule has 1 aliphatic carbocycles. The normalized spacial score (nSPS) is 26.6. The van der Waals surface area contributed by atoms with Gasteiger partial charge in [-0.1, -0.05) is 67.6 Å². The molecule has 2 bridgehead atoms. The molecule has 0 saturated carbocycles. The summed E-state index contributed by atoms with van der Waals surface area (Å²) in [5.41, 5.74) is 6.44. The summed E-state index contributed by atoms with van der Waals surface area (Å²) < 4.78 is 0. The fourth-order valence-corrected chi connectivity index (χ4v) is 5.96. The van der Waals surface area contributed by atoms with E-state index in [2.05, 4.69) is 17.5 Å². The Morgan fingerprint density at radius 3 is 1.91 bits per heavy atom. The molecule has 0 spiro atoms. The van der Waals surface area contributed by atoms with Gasteiger partial charge in [-0.05, 0) is 43.2 Å². The number of aryl methyl sites for hydroxylation is 2. The average Bonchev–Trinajstić information content (AvgIpc) is 2.89. The number of rotatable bonds is 6. The summed E-state index contributed by atoms with van der Waals surface area (Å²) in [7, 11) is 0. The molecule has 6 heteroatoms. The summed E-state index contributed by atoms with van der Waals surface area (Å²) in [6, 6.07) is 28.5. The SMILES string of the molecule is CC1(CCc2ccccc2)CC2(CCc3ccccc3)NC(=C(C#N)C#N)C1(C#N)C(N)=C2C#N. The smallest absolute Gasteiger partial charge is 0.150 e. The Bertz CT molecular complexity index is 1350. The van der Waals surface area contributed by atoms with Crippen molar-refractivity contribution in [3.05, 3.63) is 94.3 Å². The first-order valence-electron chi connectivity index (χ1n) is 11.6. The molecule has 0 radical (unpaired) electrons. The predicted molar refractivity (Wildman–Crippen MR) is 131 cm³/mol. The highest BCUT2D eigenvalue weighted by atomic mass is 15.1. The van der Waals surface area contributed by atoms with Crippen LogP contribution in [0.3, 0.4) is 0 Å². The van der Waals surface area contributed by atoms with Crippen molar-refractivity contribution in [1.29, 1.82) is 21.0 Å². The van der Waals surface area contributed by atoms with Crippen LogP contribution in [0.1, 0.15) is 37.3 Å².